The predicted octanol–water partition coefficient (Wildman–Crippen LogP) is 1.81. The molecule has 0 atom stereocenters. The number of benzene rings is 1. The number of methoxy groups -OCH3 is 1. The molecule has 8 nitrogen and oxygen atoms in total. The number of halogens is 1. The first-order chi connectivity index (χ1) is 12.4. The molecule has 0 aliphatic carbocycles. The van der Waals surface area contributed by atoms with Gasteiger partial charge in [0.05, 0.1) is 12.6 Å². The van der Waals surface area contributed by atoms with Gasteiger partial charge in [-0.2, -0.15) is 4.52 Å². The van der Waals surface area contributed by atoms with Gasteiger partial charge in [-0.05, 0) is 18.9 Å². The number of aromatic nitrogens is 4. The molecule has 0 aliphatic heterocycles. The van der Waals surface area contributed by atoms with Gasteiger partial charge in [-0.1, -0.05) is 0 Å². The molecule has 0 saturated heterocycles. The highest BCUT2D eigenvalue weighted by Crippen LogP contribution is 2.27. The quantitative estimate of drug-likeness (QED) is 0.673. The first-order valence-corrected chi connectivity index (χ1v) is 8.30. The van der Waals surface area contributed by atoms with Crippen molar-refractivity contribution >= 4 is 28.4 Å². The number of carbonyl (C=O) groups excluding carboxylic acids is 1. The Morgan fingerprint density at radius 2 is 2.12 bits per heavy atom. The summed E-state index contributed by atoms with van der Waals surface area (Å²) in [4.78, 5) is 21.6. The first kappa shape index (κ1) is 17.8. The molecule has 2 N–H and O–H groups in total. The summed E-state index contributed by atoms with van der Waals surface area (Å²) in [6.07, 6.45) is 2.29. The van der Waals surface area contributed by atoms with E-state index < -0.39 is 5.82 Å². The van der Waals surface area contributed by atoms with Crippen LogP contribution in [0.3, 0.4) is 0 Å². The summed E-state index contributed by atoms with van der Waals surface area (Å²) >= 11 is 0. The number of aryl methyl sites for hydroxylation is 1. The van der Waals surface area contributed by atoms with Crippen LogP contribution < -0.4 is 10.5 Å². The van der Waals surface area contributed by atoms with Gasteiger partial charge in [0.25, 0.3) is 0 Å². The number of rotatable bonds is 6. The fraction of sp³-hybridized carbons (Fsp3) is 0.412. The van der Waals surface area contributed by atoms with Gasteiger partial charge in [0.2, 0.25) is 11.9 Å². The van der Waals surface area contributed by atoms with Gasteiger partial charge in [-0.15, -0.1) is 5.10 Å². The van der Waals surface area contributed by atoms with Crippen LogP contribution in [0.1, 0.15) is 25.6 Å². The van der Waals surface area contributed by atoms with Gasteiger partial charge in [0.1, 0.15) is 0 Å². The Balaban J connectivity index is 1.85. The van der Waals surface area contributed by atoms with Crippen LogP contribution in [0.25, 0.3) is 16.6 Å². The lowest BCUT2D eigenvalue weighted by Gasteiger charge is -2.13. The predicted molar refractivity (Wildman–Crippen MR) is 95.5 cm³/mol. The molecule has 0 bridgehead atoms. The van der Waals surface area contributed by atoms with Crippen LogP contribution in [0.15, 0.2) is 12.1 Å². The highest BCUT2D eigenvalue weighted by atomic mass is 19.1. The van der Waals surface area contributed by atoms with Crippen LogP contribution in [0.4, 0.5) is 10.3 Å². The van der Waals surface area contributed by atoms with Gasteiger partial charge >= 0.3 is 0 Å². The minimum atomic E-state index is -0.495. The lowest BCUT2D eigenvalue weighted by Crippen LogP contribution is -2.24. The van der Waals surface area contributed by atoms with Gasteiger partial charge in [-0.25, -0.2) is 14.4 Å². The molecule has 138 valence electrons. The van der Waals surface area contributed by atoms with Crippen molar-refractivity contribution in [2.75, 3.05) is 26.4 Å². The van der Waals surface area contributed by atoms with E-state index in [4.69, 9.17) is 10.5 Å². The summed E-state index contributed by atoms with van der Waals surface area (Å²) < 4.78 is 20.5. The largest absolute Gasteiger partial charge is 0.494 e. The van der Waals surface area contributed by atoms with Crippen molar-refractivity contribution in [2.45, 2.75) is 26.2 Å². The average molecular weight is 360 g/mol. The number of anilines is 1. The van der Waals surface area contributed by atoms with Crippen LogP contribution >= 0.6 is 0 Å². The zero-order valence-electron chi connectivity index (χ0n) is 15.0. The maximum atomic E-state index is 14.1. The highest BCUT2D eigenvalue weighted by molar-refractivity contribution is 5.93. The molecule has 2 aromatic heterocycles. The molecule has 0 radical (unpaired) electrons. The number of unbranched alkanes of at least 4 members (excludes halogenated alkanes) is 1. The summed E-state index contributed by atoms with van der Waals surface area (Å²) in [6.45, 7) is 2.22. The average Bonchev–Trinajstić information content (AvgIpc) is 3.03. The van der Waals surface area contributed by atoms with E-state index in [0.29, 0.717) is 35.3 Å². The van der Waals surface area contributed by atoms with Crippen molar-refractivity contribution < 1.29 is 13.9 Å². The molecule has 9 heteroatoms. The van der Waals surface area contributed by atoms with Crippen molar-refractivity contribution in [1.82, 2.24) is 24.5 Å². The third kappa shape index (κ3) is 3.37. The van der Waals surface area contributed by atoms with Crippen LogP contribution in [-0.2, 0) is 11.2 Å². The molecule has 3 rings (SSSR count). The van der Waals surface area contributed by atoms with Crippen molar-refractivity contribution in [1.29, 1.82) is 0 Å². The summed E-state index contributed by atoms with van der Waals surface area (Å²) in [5.74, 6) is 0.427. The Morgan fingerprint density at radius 1 is 1.35 bits per heavy atom. The molecule has 1 amide bonds. The number of nitrogen functional groups attached to an aromatic ring is 1. The molecular formula is C17H21FN6O2. The molecule has 0 aliphatic rings. The Labute approximate surface area is 149 Å². The number of fused-ring (bicyclic) bond motifs is 3. The van der Waals surface area contributed by atoms with Crippen LogP contribution in [-0.4, -0.2) is 51.1 Å². The van der Waals surface area contributed by atoms with E-state index in [1.165, 1.54) is 23.8 Å². The molecule has 0 spiro atoms. The van der Waals surface area contributed by atoms with Gasteiger partial charge in [0, 0.05) is 38.4 Å². The standard InChI is InChI=1S/C17H21FN6O2/c1-10(25)23(2)7-5-4-6-15-21-16-11-8-12(18)14(26-3)9-13(11)20-17(19)24(16)22-15/h8-9H,4-7H2,1-3H3,(H2,19,20). The Kier molecular flexibility index (Phi) is 4.88. The third-order valence-corrected chi connectivity index (χ3v) is 4.30. The summed E-state index contributed by atoms with van der Waals surface area (Å²) in [5.41, 5.74) is 6.92. The van der Waals surface area contributed by atoms with E-state index in [1.54, 1.807) is 18.9 Å². The lowest BCUT2D eigenvalue weighted by molar-refractivity contribution is -0.127. The third-order valence-electron chi connectivity index (χ3n) is 4.30. The van der Waals surface area contributed by atoms with Gasteiger partial charge in [0.15, 0.2) is 23.0 Å². The second-order valence-electron chi connectivity index (χ2n) is 6.14. The zero-order valence-corrected chi connectivity index (χ0v) is 15.0. The molecule has 3 aromatic rings. The SMILES string of the molecule is COc1cc2nc(N)n3nc(CCCCN(C)C(C)=O)nc3c2cc1F. The van der Waals surface area contributed by atoms with Crippen molar-refractivity contribution in [3.63, 3.8) is 0 Å². The van der Waals surface area contributed by atoms with E-state index in [0.717, 1.165) is 12.8 Å². The number of amides is 1. The molecule has 0 unspecified atom stereocenters. The second kappa shape index (κ2) is 7.11. The van der Waals surface area contributed by atoms with E-state index in [-0.39, 0.29) is 17.6 Å². The molecular weight excluding hydrogens is 339 g/mol. The maximum absolute atomic E-state index is 14.1. The summed E-state index contributed by atoms with van der Waals surface area (Å²) in [6, 6.07) is 2.82. The van der Waals surface area contributed by atoms with E-state index >= 15 is 0 Å². The second-order valence-corrected chi connectivity index (χ2v) is 6.14. The number of hydrogen-bond acceptors (Lipinski definition) is 6. The number of nitrogens with two attached hydrogens (primary N) is 1. The number of nitrogens with zero attached hydrogens (tertiary/aromatic N) is 5. The number of hydrogen-bond donors (Lipinski definition) is 1. The molecule has 26 heavy (non-hydrogen) atoms. The zero-order chi connectivity index (χ0) is 18.8. The van der Waals surface area contributed by atoms with Crippen molar-refractivity contribution in [3.8, 4) is 5.75 Å². The van der Waals surface area contributed by atoms with Crippen molar-refractivity contribution in [2.24, 2.45) is 0 Å². The highest BCUT2D eigenvalue weighted by Gasteiger charge is 2.15. The van der Waals surface area contributed by atoms with E-state index in [1.807, 2.05) is 0 Å². The van der Waals surface area contributed by atoms with Gasteiger partial charge in [-0.3, -0.25) is 4.79 Å². The molecule has 2 heterocycles. The van der Waals surface area contributed by atoms with E-state index in [9.17, 15) is 9.18 Å². The topological polar surface area (TPSA) is 98.6 Å². The number of carbonyl (C=O) groups is 1. The minimum Gasteiger partial charge on any atom is -0.494 e. The Hall–Kier alpha value is -2.97. The van der Waals surface area contributed by atoms with Crippen LogP contribution in [0.5, 0.6) is 5.75 Å². The Morgan fingerprint density at radius 3 is 2.81 bits per heavy atom. The molecule has 1 aromatic carbocycles. The Bertz CT molecular complexity index is 971. The lowest BCUT2D eigenvalue weighted by atomic mass is 10.2. The van der Waals surface area contributed by atoms with Gasteiger partial charge < -0.3 is 15.4 Å². The maximum Gasteiger partial charge on any atom is 0.223 e. The minimum absolute atomic E-state index is 0.0404. The normalized spacial score (nSPS) is 11.2. The monoisotopic (exact) mass is 360 g/mol. The number of ether oxygens (including phenoxy) is 1. The van der Waals surface area contributed by atoms with Crippen molar-refractivity contribution in [3.05, 3.63) is 23.8 Å². The van der Waals surface area contributed by atoms with Crippen LogP contribution in [0, 0.1) is 5.82 Å². The summed E-state index contributed by atoms with van der Waals surface area (Å²) in [5, 5.41) is 4.89. The fourth-order valence-electron chi connectivity index (χ4n) is 2.73. The fourth-order valence-corrected chi connectivity index (χ4v) is 2.73. The molecule has 0 saturated carbocycles. The first-order valence-electron chi connectivity index (χ1n) is 8.30. The molecule has 0 fully saturated rings. The smallest absolute Gasteiger partial charge is 0.223 e. The summed E-state index contributed by atoms with van der Waals surface area (Å²) in [7, 11) is 3.16. The van der Waals surface area contributed by atoms with Crippen LogP contribution in [0.2, 0.25) is 0 Å². The van der Waals surface area contributed by atoms with E-state index in [2.05, 4.69) is 15.1 Å².